The zero-order valence-corrected chi connectivity index (χ0v) is 33.9. The Morgan fingerprint density at radius 2 is 0.864 bits per heavy atom. The van der Waals surface area contributed by atoms with Gasteiger partial charge >= 0.3 is 0 Å². The predicted molar refractivity (Wildman–Crippen MR) is 246 cm³/mol. The van der Waals surface area contributed by atoms with Gasteiger partial charge in [0.05, 0.1) is 11.0 Å². The largest absolute Gasteiger partial charge is 0.278 e. The van der Waals surface area contributed by atoms with Gasteiger partial charge in [-0.15, -0.1) is 0 Å². The summed E-state index contributed by atoms with van der Waals surface area (Å²) in [5.74, 6) is 1.87. The van der Waals surface area contributed by atoms with Crippen molar-refractivity contribution in [3.05, 3.63) is 217 Å². The van der Waals surface area contributed by atoms with E-state index in [2.05, 4.69) is 188 Å². The standard InChI is InChI=1S/C54H40N4Si/c1-54(2)47-31-19-18-30-43(47)44-35-46-45-34-42(59(39-24-12-5-13-25-39,40-26-14-6-15-27-40)41-28-16-7-17-29-41)32-33-49(45)58(50(46)36-48(44)54)53-56-51(37-20-8-3-9-21-37)55-52(57-53)38-22-10-4-11-23-38/h3-36H,1-2H3. The van der Waals surface area contributed by atoms with Crippen LogP contribution in [-0.2, 0) is 5.41 Å². The summed E-state index contributed by atoms with van der Waals surface area (Å²) in [5.41, 5.74) is 9.06. The van der Waals surface area contributed by atoms with Gasteiger partial charge in [0.15, 0.2) is 19.7 Å². The lowest BCUT2D eigenvalue weighted by molar-refractivity contribution is 0.661. The minimum absolute atomic E-state index is 0.188. The van der Waals surface area contributed by atoms with E-state index in [4.69, 9.17) is 15.0 Å². The lowest BCUT2D eigenvalue weighted by atomic mass is 9.82. The van der Waals surface area contributed by atoms with Crippen molar-refractivity contribution in [1.29, 1.82) is 0 Å². The minimum atomic E-state index is -2.83. The molecular formula is C54H40N4Si. The topological polar surface area (TPSA) is 43.6 Å². The van der Waals surface area contributed by atoms with E-state index in [1.54, 1.807) is 0 Å². The van der Waals surface area contributed by atoms with Crippen molar-refractivity contribution in [1.82, 2.24) is 19.5 Å². The molecule has 2 aromatic heterocycles. The molecule has 11 rings (SSSR count). The van der Waals surface area contributed by atoms with Crippen molar-refractivity contribution in [2.45, 2.75) is 19.3 Å². The molecule has 0 amide bonds. The van der Waals surface area contributed by atoms with Crippen LogP contribution in [0.3, 0.4) is 0 Å². The first-order valence-electron chi connectivity index (χ1n) is 20.3. The molecule has 0 spiro atoms. The number of fused-ring (bicyclic) bond motifs is 6. The Labute approximate surface area is 345 Å². The van der Waals surface area contributed by atoms with Crippen LogP contribution in [0.2, 0.25) is 0 Å². The third-order valence-corrected chi connectivity index (χ3v) is 17.2. The fourth-order valence-electron chi connectivity index (χ4n) is 9.62. The van der Waals surface area contributed by atoms with Gasteiger partial charge in [-0.25, -0.2) is 4.98 Å². The van der Waals surface area contributed by atoms with E-state index >= 15 is 0 Å². The number of hydrogen-bond donors (Lipinski definition) is 0. The summed E-state index contributed by atoms with van der Waals surface area (Å²) in [4.78, 5) is 15.7. The van der Waals surface area contributed by atoms with Gasteiger partial charge in [-0.05, 0) is 61.2 Å². The van der Waals surface area contributed by atoms with E-state index in [0.29, 0.717) is 17.6 Å². The molecule has 0 radical (unpaired) electrons. The molecule has 0 fully saturated rings. The Kier molecular flexibility index (Phi) is 8.14. The van der Waals surface area contributed by atoms with E-state index in [9.17, 15) is 0 Å². The molecule has 4 nitrogen and oxygen atoms in total. The molecule has 1 aliphatic rings. The maximum absolute atomic E-state index is 5.30. The molecule has 10 aromatic rings. The predicted octanol–water partition coefficient (Wildman–Crippen LogP) is 9.99. The number of nitrogens with zero attached hydrogens (tertiary/aromatic N) is 4. The Morgan fingerprint density at radius 3 is 1.41 bits per heavy atom. The van der Waals surface area contributed by atoms with Crippen LogP contribution in [0.15, 0.2) is 206 Å². The van der Waals surface area contributed by atoms with Crippen LogP contribution >= 0.6 is 0 Å². The van der Waals surface area contributed by atoms with Crippen molar-refractivity contribution < 1.29 is 0 Å². The zero-order chi connectivity index (χ0) is 39.6. The van der Waals surface area contributed by atoms with Gasteiger partial charge in [-0.1, -0.05) is 202 Å². The van der Waals surface area contributed by atoms with E-state index in [-0.39, 0.29) is 5.41 Å². The van der Waals surface area contributed by atoms with E-state index in [1.807, 2.05) is 36.4 Å². The van der Waals surface area contributed by atoms with Crippen LogP contribution < -0.4 is 20.7 Å². The quantitative estimate of drug-likeness (QED) is 0.120. The molecule has 0 N–H and O–H groups in total. The van der Waals surface area contributed by atoms with Crippen LogP contribution in [-0.4, -0.2) is 27.6 Å². The smallest absolute Gasteiger partial charge is 0.238 e. The third kappa shape index (κ3) is 5.46. The number of hydrogen-bond acceptors (Lipinski definition) is 3. The molecule has 0 aliphatic heterocycles. The molecule has 8 aromatic carbocycles. The molecule has 0 saturated carbocycles. The SMILES string of the molecule is CC1(C)c2ccccc2-c2cc3c4cc([Si](c5ccccc5)(c5ccccc5)c5ccccc5)ccc4n(-c4nc(-c5ccccc5)nc(-c5ccccc5)n4)c3cc21. The van der Waals surface area contributed by atoms with Crippen LogP contribution in [0.5, 0.6) is 0 Å². The van der Waals surface area contributed by atoms with Gasteiger partial charge < -0.3 is 0 Å². The maximum Gasteiger partial charge on any atom is 0.238 e. The zero-order valence-electron chi connectivity index (χ0n) is 32.9. The van der Waals surface area contributed by atoms with Gasteiger partial charge in [0.1, 0.15) is 0 Å². The Morgan fingerprint density at radius 1 is 0.390 bits per heavy atom. The molecule has 0 unspecified atom stereocenters. The van der Waals surface area contributed by atoms with Crippen LogP contribution in [0.25, 0.3) is 61.7 Å². The lowest BCUT2D eigenvalue weighted by Crippen LogP contribution is -2.74. The van der Waals surface area contributed by atoms with E-state index in [0.717, 1.165) is 22.2 Å². The Hall–Kier alpha value is -7.21. The summed E-state index contributed by atoms with van der Waals surface area (Å²) >= 11 is 0. The van der Waals surface area contributed by atoms with Crippen molar-refractivity contribution in [2.24, 2.45) is 0 Å². The summed E-state index contributed by atoms with van der Waals surface area (Å²) < 4.78 is 2.28. The minimum Gasteiger partial charge on any atom is -0.278 e. The summed E-state index contributed by atoms with van der Waals surface area (Å²) in [7, 11) is -2.83. The Balaban J connectivity index is 1.27. The lowest BCUT2D eigenvalue weighted by Gasteiger charge is -2.34. The molecule has 1 aliphatic carbocycles. The fourth-order valence-corrected chi connectivity index (χ4v) is 14.4. The molecule has 0 saturated heterocycles. The highest BCUT2D eigenvalue weighted by atomic mass is 28.3. The highest BCUT2D eigenvalue weighted by Gasteiger charge is 2.42. The average molecular weight is 773 g/mol. The first kappa shape index (κ1) is 35.0. The van der Waals surface area contributed by atoms with Gasteiger partial charge in [0, 0.05) is 27.3 Å². The maximum atomic E-state index is 5.30. The van der Waals surface area contributed by atoms with Crippen molar-refractivity contribution in [2.75, 3.05) is 0 Å². The second kappa shape index (κ2) is 13.7. The first-order valence-corrected chi connectivity index (χ1v) is 22.3. The van der Waals surface area contributed by atoms with Crippen molar-refractivity contribution in [3.8, 4) is 39.9 Å². The summed E-state index contributed by atoms with van der Waals surface area (Å²) in [6, 6.07) is 74.8. The Bertz CT molecular complexity index is 3010. The molecule has 59 heavy (non-hydrogen) atoms. The summed E-state index contributed by atoms with van der Waals surface area (Å²) in [6.07, 6.45) is 0. The van der Waals surface area contributed by atoms with Gasteiger partial charge in [-0.2, -0.15) is 9.97 Å². The molecule has 280 valence electrons. The highest BCUT2D eigenvalue weighted by molar-refractivity contribution is 7.20. The van der Waals surface area contributed by atoms with E-state index in [1.165, 1.54) is 53.8 Å². The van der Waals surface area contributed by atoms with Crippen molar-refractivity contribution >= 4 is 50.6 Å². The van der Waals surface area contributed by atoms with Crippen LogP contribution in [0.1, 0.15) is 25.0 Å². The molecule has 0 bridgehead atoms. The van der Waals surface area contributed by atoms with Crippen molar-refractivity contribution in [3.63, 3.8) is 0 Å². The number of rotatable bonds is 7. The molecule has 5 heteroatoms. The summed E-state index contributed by atoms with van der Waals surface area (Å²) in [6.45, 7) is 4.69. The second-order valence-corrected chi connectivity index (χ2v) is 19.8. The first-order chi connectivity index (χ1) is 29.0. The summed E-state index contributed by atoms with van der Waals surface area (Å²) in [5, 5.41) is 7.69. The number of benzene rings is 8. The van der Waals surface area contributed by atoms with Gasteiger partial charge in [0.25, 0.3) is 0 Å². The fraction of sp³-hybridized carbons (Fsp3) is 0.0556. The molecule has 0 atom stereocenters. The van der Waals surface area contributed by atoms with E-state index < -0.39 is 8.07 Å². The van der Waals surface area contributed by atoms with Gasteiger partial charge in [0.2, 0.25) is 5.95 Å². The molecular weight excluding hydrogens is 733 g/mol. The van der Waals surface area contributed by atoms with Crippen LogP contribution in [0, 0.1) is 0 Å². The molecule has 2 heterocycles. The second-order valence-electron chi connectivity index (χ2n) is 16.0. The average Bonchev–Trinajstić information content (AvgIpc) is 3.74. The normalized spacial score (nSPS) is 13.1. The number of aromatic nitrogens is 4. The monoisotopic (exact) mass is 772 g/mol. The highest BCUT2D eigenvalue weighted by Crippen LogP contribution is 2.51. The third-order valence-electron chi connectivity index (χ3n) is 12.4. The van der Waals surface area contributed by atoms with Crippen LogP contribution in [0.4, 0.5) is 0 Å². The van der Waals surface area contributed by atoms with Gasteiger partial charge in [-0.3, -0.25) is 4.57 Å².